The molecule has 7 nitrogen and oxygen atoms in total. The van der Waals surface area contributed by atoms with E-state index < -0.39 is 5.97 Å². The van der Waals surface area contributed by atoms with E-state index in [2.05, 4.69) is 20.3 Å². The Kier molecular flexibility index (Phi) is 4.54. The van der Waals surface area contributed by atoms with E-state index in [-0.39, 0.29) is 18.3 Å². The van der Waals surface area contributed by atoms with Crippen molar-refractivity contribution in [1.29, 1.82) is 0 Å². The fourth-order valence-corrected chi connectivity index (χ4v) is 1.92. The molecule has 0 saturated carbocycles. The first-order chi connectivity index (χ1) is 10.0. The van der Waals surface area contributed by atoms with Crippen molar-refractivity contribution in [1.82, 2.24) is 15.0 Å². The second-order valence-corrected chi connectivity index (χ2v) is 4.76. The zero-order valence-electron chi connectivity index (χ0n) is 11.9. The molecule has 2 rings (SSSR count). The van der Waals surface area contributed by atoms with Gasteiger partial charge >= 0.3 is 5.97 Å². The maximum absolute atomic E-state index is 10.9. The predicted octanol–water partition coefficient (Wildman–Crippen LogP) is 1.66. The lowest BCUT2D eigenvalue weighted by molar-refractivity contribution is 0.0691. The maximum atomic E-state index is 10.9. The number of carbonyl (C=O) groups is 1. The first-order valence-electron chi connectivity index (χ1n) is 6.68. The van der Waals surface area contributed by atoms with Crippen molar-refractivity contribution in [2.24, 2.45) is 0 Å². The number of aromatic amines is 1. The van der Waals surface area contributed by atoms with Crippen molar-refractivity contribution >= 4 is 11.9 Å². The molecule has 1 atom stereocenters. The number of nitrogens with one attached hydrogen (secondary N) is 2. The number of aromatic carboxylic acids is 1. The van der Waals surface area contributed by atoms with E-state index in [1.54, 1.807) is 12.4 Å². The minimum Gasteiger partial charge on any atom is -0.477 e. The molecule has 0 aliphatic carbocycles. The Bertz CT molecular complexity index is 635. The summed E-state index contributed by atoms with van der Waals surface area (Å²) >= 11 is 0. The van der Waals surface area contributed by atoms with Gasteiger partial charge in [0, 0.05) is 18.0 Å². The number of aromatic nitrogens is 3. The van der Waals surface area contributed by atoms with E-state index in [0.717, 1.165) is 12.0 Å². The number of carboxylic acids is 1. The normalized spacial score (nSPS) is 12.1. The van der Waals surface area contributed by atoms with Crippen molar-refractivity contribution in [2.45, 2.75) is 26.3 Å². The summed E-state index contributed by atoms with van der Waals surface area (Å²) in [6.07, 6.45) is 4.02. The monoisotopic (exact) mass is 290 g/mol. The molecule has 0 bridgehead atoms. The van der Waals surface area contributed by atoms with Crippen LogP contribution in [-0.4, -0.2) is 43.8 Å². The first-order valence-corrected chi connectivity index (χ1v) is 6.68. The molecule has 0 aliphatic rings. The van der Waals surface area contributed by atoms with Gasteiger partial charge in [0.15, 0.2) is 0 Å². The van der Waals surface area contributed by atoms with Gasteiger partial charge in [-0.15, -0.1) is 0 Å². The molecule has 2 heterocycles. The van der Waals surface area contributed by atoms with Crippen LogP contribution in [0.4, 0.5) is 5.95 Å². The Morgan fingerprint density at radius 2 is 2.29 bits per heavy atom. The molecule has 0 aromatic carbocycles. The van der Waals surface area contributed by atoms with Crippen LogP contribution in [0, 0.1) is 6.92 Å². The molecule has 0 aliphatic heterocycles. The fourth-order valence-electron chi connectivity index (χ4n) is 1.92. The second kappa shape index (κ2) is 6.36. The lowest BCUT2D eigenvalue weighted by atomic mass is 10.1. The van der Waals surface area contributed by atoms with Crippen LogP contribution in [-0.2, 0) is 0 Å². The zero-order valence-corrected chi connectivity index (χ0v) is 11.9. The van der Waals surface area contributed by atoms with Crippen LogP contribution in [0.2, 0.25) is 0 Å². The molecule has 0 spiro atoms. The molecule has 0 radical (unpaired) electrons. The largest absolute Gasteiger partial charge is 0.477 e. The number of hydrogen-bond acceptors (Lipinski definition) is 5. The van der Waals surface area contributed by atoms with E-state index in [0.29, 0.717) is 17.2 Å². The number of aryl methyl sites for hydroxylation is 1. The Morgan fingerprint density at radius 3 is 2.86 bits per heavy atom. The Balaban J connectivity index is 2.32. The highest BCUT2D eigenvalue weighted by Gasteiger charge is 2.13. The lowest BCUT2D eigenvalue weighted by Crippen LogP contribution is -2.24. The van der Waals surface area contributed by atoms with Crippen LogP contribution in [0.15, 0.2) is 18.5 Å². The zero-order chi connectivity index (χ0) is 15.4. The topological polar surface area (TPSA) is 111 Å². The summed E-state index contributed by atoms with van der Waals surface area (Å²) in [7, 11) is 0. The third-order valence-corrected chi connectivity index (χ3v) is 3.20. The van der Waals surface area contributed by atoms with Crippen LogP contribution in [0.25, 0.3) is 11.3 Å². The van der Waals surface area contributed by atoms with Gasteiger partial charge in [-0.3, -0.25) is 0 Å². The number of rotatable bonds is 6. The van der Waals surface area contributed by atoms with Gasteiger partial charge < -0.3 is 20.5 Å². The number of aliphatic hydroxyl groups excluding tert-OH is 1. The van der Waals surface area contributed by atoms with Crippen LogP contribution in [0.5, 0.6) is 0 Å². The molecule has 21 heavy (non-hydrogen) atoms. The smallest absolute Gasteiger partial charge is 0.352 e. The highest BCUT2D eigenvalue weighted by molar-refractivity contribution is 5.87. The van der Waals surface area contributed by atoms with E-state index in [1.165, 1.54) is 6.07 Å². The summed E-state index contributed by atoms with van der Waals surface area (Å²) in [6.45, 7) is 3.81. The Hall–Kier alpha value is -2.41. The van der Waals surface area contributed by atoms with Gasteiger partial charge in [-0.25, -0.2) is 14.8 Å². The molecular weight excluding hydrogens is 272 g/mol. The third kappa shape index (κ3) is 3.38. The summed E-state index contributed by atoms with van der Waals surface area (Å²) in [5.74, 6) is -0.604. The molecule has 2 aromatic heterocycles. The summed E-state index contributed by atoms with van der Waals surface area (Å²) in [5.41, 5.74) is 2.30. The quantitative estimate of drug-likeness (QED) is 0.644. The highest BCUT2D eigenvalue weighted by Crippen LogP contribution is 2.23. The number of hydrogen-bond donors (Lipinski definition) is 4. The van der Waals surface area contributed by atoms with E-state index in [9.17, 15) is 9.90 Å². The van der Waals surface area contributed by atoms with Crippen molar-refractivity contribution in [3.63, 3.8) is 0 Å². The summed E-state index contributed by atoms with van der Waals surface area (Å²) in [5, 5.41) is 21.2. The van der Waals surface area contributed by atoms with Crippen molar-refractivity contribution < 1.29 is 15.0 Å². The van der Waals surface area contributed by atoms with E-state index in [1.807, 2.05) is 13.8 Å². The van der Waals surface area contributed by atoms with Gasteiger partial charge in [0.2, 0.25) is 5.95 Å². The van der Waals surface area contributed by atoms with E-state index >= 15 is 0 Å². The molecule has 7 heteroatoms. The van der Waals surface area contributed by atoms with Crippen molar-refractivity contribution in [3.8, 4) is 11.3 Å². The van der Waals surface area contributed by atoms with Gasteiger partial charge in [-0.2, -0.15) is 0 Å². The second-order valence-electron chi connectivity index (χ2n) is 4.76. The minimum absolute atomic E-state index is 0.00358. The molecule has 0 amide bonds. The number of aliphatic hydroxyl groups is 1. The van der Waals surface area contributed by atoms with Gasteiger partial charge in [-0.1, -0.05) is 6.92 Å². The SMILES string of the molecule is CCC(CO)Nc1ncc(C)c(-c2c[nH]c(C(=O)O)c2)n1. The highest BCUT2D eigenvalue weighted by atomic mass is 16.4. The summed E-state index contributed by atoms with van der Waals surface area (Å²) < 4.78 is 0. The standard InChI is InChI=1S/C14H18N4O3/c1-3-10(7-19)17-14-16-5-8(2)12(18-14)9-4-11(13(20)21)15-6-9/h4-6,10,15,19H,3,7H2,1-2H3,(H,20,21)(H,16,17,18). The number of anilines is 1. The first kappa shape index (κ1) is 15.0. The van der Waals surface area contributed by atoms with E-state index in [4.69, 9.17) is 5.11 Å². The maximum Gasteiger partial charge on any atom is 0.352 e. The molecular formula is C14H18N4O3. The minimum atomic E-state index is -1.02. The third-order valence-electron chi connectivity index (χ3n) is 3.20. The van der Waals surface area contributed by atoms with Crippen LogP contribution in [0.1, 0.15) is 29.4 Å². The van der Waals surface area contributed by atoms with Crippen molar-refractivity contribution in [3.05, 3.63) is 29.7 Å². The van der Waals surface area contributed by atoms with Gasteiger partial charge in [0.25, 0.3) is 0 Å². The average Bonchev–Trinajstić information content (AvgIpc) is 2.96. The molecule has 4 N–H and O–H groups in total. The average molecular weight is 290 g/mol. The Morgan fingerprint density at radius 1 is 1.52 bits per heavy atom. The summed E-state index contributed by atoms with van der Waals surface area (Å²) in [6, 6.07) is 1.42. The molecule has 1 unspecified atom stereocenters. The molecule has 112 valence electrons. The molecule has 0 fully saturated rings. The number of carboxylic acid groups (broad SMARTS) is 1. The Labute approximate surface area is 122 Å². The van der Waals surface area contributed by atoms with Crippen LogP contribution >= 0.6 is 0 Å². The number of H-pyrrole nitrogens is 1. The molecule has 0 saturated heterocycles. The fraction of sp³-hybridized carbons (Fsp3) is 0.357. The van der Waals surface area contributed by atoms with Gasteiger partial charge in [0.05, 0.1) is 18.3 Å². The van der Waals surface area contributed by atoms with Crippen LogP contribution < -0.4 is 5.32 Å². The van der Waals surface area contributed by atoms with Gasteiger partial charge in [0.1, 0.15) is 5.69 Å². The molecule has 2 aromatic rings. The predicted molar refractivity (Wildman–Crippen MR) is 78.3 cm³/mol. The summed E-state index contributed by atoms with van der Waals surface area (Å²) in [4.78, 5) is 22.2. The van der Waals surface area contributed by atoms with Gasteiger partial charge in [-0.05, 0) is 25.0 Å². The number of nitrogens with zero attached hydrogens (tertiary/aromatic N) is 2. The van der Waals surface area contributed by atoms with Crippen LogP contribution in [0.3, 0.4) is 0 Å². The van der Waals surface area contributed by atoms with Crippen molar-refractivity contribution in [2.75, 3.05) is 11.9 Å². The lowest BCUT2D eigenvalue weighted by Gasteiger charge is -2.14.